The Kier molecular flexibility index (Phi) is 10.5. The van der Waals surface area contributed by atoms with Crippen LogP contribution >= 0.6 is 28.3 Å². The third kappa shape index (κ3) is 7.47. The molecule has 1 saturated heterocycles. The predicted molar refractivity (Wildman–Crippen MR) is 127 cm³/mol. The summed E-state index contributed by atoms with van der Waals surface area (Å²) < 4.78 is 0. The van der Waals surface area contributed by atoms with Crippen LogP contribution in [-0.2, 0) is 12.8 Å². The van der Waals surface area contributed by atoms with Gasteiger partial charge in [0, 0.05) is 43.8 Å². The molecular formula is C22H35BrN4S. The zero-order chi connectivity index (χ0) is 18.9. The maximum atomic E-state index is 4.70. The Labute approximate surface area is 185 Å². The van der Waals surface area contributed by atoms with Crippen LogP contribution in [0.3, 0.4) is 0 Å². The molecule has 1 aromatic heterocycles. The predicted octanol–water partition coefficient (Wildman–Crippen LogP) is 4.36. The lowest BCUT2D eigenvalue weighted by atomic mass is 10.1. The lowest BCUT2D eigenvalue weighted by Gasteiger charge is -2.34. The number of nitrogens with zero attached hydrogens (tertiary/aromatic N) is 4. The summed E-state index contributed by atoms with van der Waals surface area (Å²) in [5.41, 5.74) is 1.44. The number of thiazole rings is 1. The highest BCUT2D eigenvalue weighted by molar-refractivity contribution is 8.93. The van der Waals surface area contributed by atoms with E-state index in [1.54, 1.807) is 0 Å². The molecule has 0 atom stereocenters. The summed E-state index contributed by atoms with van der Waals surface area (Å²) in [7, 11) is 2.24. The summed E-state index contributed by atoms with van der Waals surface area (Å²) in [6.07, 6.45) is 6.84. The molecule has 0 N–H and O–H groups in total. The summed E-state index contributed by atoms with van der Waals surface area (Å²) in [6.45, 7) is 10.3. The first-order valence-corrected chi connectivity index (χ1v) is 11.2. The summed E-state index contributed by atoms with van der Waals surface area (Å²) in [6, 6.07) is 10.8. The van der Waals surface area contributed by atoms with Gasteiger partial charge in [-0.15, -0.1) is 28.3 Å². The zero-order valence-electron chi connectivity index (χ0n) is 17.3. The van der Waals surface area contributed by atoms with Gasteiger partial charge in [-0.25, -0.2) is 4.98 Å². The number of anilines is 1. The second kappa shape index (κ2) is 12.6. The molecule has 0 saturated carbocycles. The Balaban J connectivity index is 0.00000280. The van der Waals surface area contributed by atoms with Crippen molar-refractivity contribution in [2.24, 2.45) is 0 Å². The van der Waals surface area contributed by atoms with Crippen molar-refractivity contribution in [3.8, 4) is 0 Å². The number of hydrogen-bond donors (Lipinski definition) is 0. The van der Waals surface area contributed by atoms with E-state index in [4.69, 9.17) is 4.98 Å². The molecule has 28 heavy (non-hydrogen) atoms. The molecule has 6 heteroatoms. The van der Waals surface area contributed by atoms with Crippen LogP contribution in [0.5, 0.6) is 0 Å². The van der Waals surface area contributed by atoms with Gasteiger partial charge in [-0.3, -0.25) is 4.90 Å². The molecule has 2 heterocycles. The van der Waals surface area contributed by atoms with Crippen molar-refractivity contribution in [3.63, 3.8) is 0 Å². The maximum Gasteiger partial charge on any atom is 0.185 e. The van der Waals surface area contributed by atoms with Crippen molar-refractivity contribution < 1.29 is 0 Å². The monoisotopic (exact) mass is 466 g/mol. The van der Waals surface area contributed by atoms with Gasteiger partial charge in [-0.1, -0.05) is 37.3 Å². The van der Waals surface area contributed by atoms with Gasteiger partial charge in [0.05, 0.1) is 0 Å². The Hall–Kier alpha value is -0.950. The number of rotatable bonds is 10. The SMILES string of the molecule is Br.CCCN1CCN(c2ncc(CCN(C)CCCc3ccccc3)s2)CC1. The zero-order valence-corrected chi connectivity index (χ0v) is 19.9. The van der Waals surface area contributed by atoms with E-state index >= 15 is 0 Å². The lowest BCUT2D eigenvalue weighted by Crippen LogP contribution is -2.46. The molecule has 1 fully saturated rings. The van der Waals surface area contributed by atoms with Gasteiger partial charge in [0.2, 0.25) is 0 Å². The van der Waals surface area contributed by atoms with Crippen molar-refractivity contribution in [3.05, 3.63) is 47.0 Å². The van der Waals surface area contributed by atoms with Crippen LogP contribution < -0.4 is 4.90 Å². The molecule has 0 bridgehead atoms. The number of piperazine rings is 1. The first-order chi connectivity index (χ1) is 13.2. The Morgan fingerprint density at radius 2 is 1.79 bits per heavy atom. The van der Waals surface area contributed by atoms with E-state index in [-0.39, 0.29) is 17.0 Å². The first-order valence-electron chi connectivity index (χ1n) is 10.4. The van der Waals surface area contributed by atoms with E-state index in [9.17, 15) is 0 Å². The van der Waals surface area contributed by atoms with Crippen LogP contribution in [0.25, 0.3) is 0 Å². The Morgan fingerprint density at radius 3 is 2.50 bits per heavy atom. The van der Waals surface area contributed by atoms with Gasteiger partial charge in [0.1, 0.15) is 0 Å². The highest BCUT2D eigenvalue weighted by atomic mass is 79.9. The molecule has 156 valence electrons. The molecule has 4 nitrogen and oxygen atoms in total. The van der Waals surface area contributed by atoms with Crippen LogP contribution in [0.15, 0.2) is 36.5 Å². The van der Waals surface area contributed by atoms with E-state index in [0.29, 0.717) is 0 Å². The van der Waals surface area contributed by atoms with Gasteiger partial charge in [-0.05, 0) is 51.4 Å². The van der Waals surface area contributed by atoms with Gasteiger partial charge in [0.15, 0.2) is 5.13 Å². The highest BCUT2D eigenvalue weighted by Gasteiger charge is 2.18. The number of aryl methyl sites for hydroxylation is 1. The summed E-state index contributed by atoms with van der Waals surface area (Å²) in [5, 5.41) is 1.22. The molecule has 2 aromatic rings. The van der Waals surface area contributed by atoms with Gasteiger partial charge in [-0.2, -0.15) is 0 Å². The number of aromatic nitrogens is 1. The van der Waals surface area contributed by atoms with E-state index in [1.165, 1.54) is 54.5 Å². The molecule has 0 aliphatic carbocycles. The summed E-state index contributed by atoms with van der Waals surface area (Å²) in [5.74, 6) is 0. The molecule has 0 spiro atoms. The van der Waals surface area contributed by atoms with Crippen molar-refractivity contribution in [1.29, 1.82) is 0 Å². The number of likely N-dealkylation sites (N-methyl/N-ethyl adjacent to an activating group) is 1. The molecule has 3 rings (SSSR count). The standard InChI is InChI=1S/C22H34N4S.BrH/c1-3-12-25-15-17-26(18-16-25)22-23-19-21(27-22)11-14-24(2)13-7-10-20-8-5-4-6-9-20;/h4-6,8-9,19H,3,7,10-18H2,1-2H3;1H. The van der Waals surface area contributed by atoms with Gasteiger partial charge < -0.3 is 9.80 Å². The topological polar surface area (TPSA) is 22.6 Å². The minimum atomic E-state index is 0. The molecule has 0 radical (unpaired) electrons. The van der Waals surface area contributed by atoms with Crippen LogP contribution in [0.2, 0.25) is 0 Å². The van der Waals surface area contributed by atoms with Gasteiger partial charge in [0.25, 0.3) is 0 Å². The van der Waals surface area contributed by atoms with E-state index < -0.39 is 0 Å². The highest BCUT2D eigenvalue weighted by Crippen LogP contribution is 2.24. The van der Waals surface area contributed by atoms with Crippen LogP contribution in [-0.4, -0.2) is 67.6 Å². The second-order valence-electron chi connectivity index (χ2n) is 7.58. The summed E-state index contributed by atoms with van der Waals surface area (Å²) in [4.78, 5) is 13.6. The minimum Gasteiger partial charge on any atom is -0.346 e. The Morgan fingerprint density at radius 1 is 1.04 bits per heavy atom. The maximum absolute atomic E-state index is 4.70. The number of hydrogen-bond acceptors (Lipinski definition) is 5. The molecule has 1 aliphatic heterocycles. The van der Waals surface area contributed by atoms with Crippen molar-refractivity contribution in [1.82, 2.24) is 14.8 Å². The van der Waals surface area contributed by atoms with Gasteiger partial charge >= 0.3 is 0 Å². The number of halogens is 1. The summed E-state index contributed by atoms with van der Waals surface area (Å²) >= 11 is 1.89. The normalized spacial score (nSPS) is 15.0. The fourth-order valence-corrected chi connectivity index (χ4v) is 4.60. The average molecular weight is 468 g/mol. The quantitative estimate of drug-likeness (QED) is 0.518. The van der Waals surface area contributed by atoms with E-state index in [1.807, 2.05) is 11.3 Å². The number of benzene rings is 1. The van der Waals surface area contributed by atoms with Crippen LogP contribution in [0.1, 0.15) is 30.2 Å². The van der Waals surface area contributed by atoms with E-state index in [2.05, 4.69) is 65.2 Å². The third-order valence-electron chi connectivity index (χ3n) is 5.31. The molecule has 1 aliphatic rings. The lowest BCUT2D eigenvalue weighted by molar-refractivity contribution is 0.258. The molecule has 1 aromatic carbocycles. The molecule has 0 unspecified atom stereocenters. The van der Waals surface area contributed by atoms with Crippen molar-refractivity contribution >= 4 is 33.4 Å². The van der Waals surface area contributed by atoms with Crippen LogP contribution in [0.4, 0.5) is 5.13 Å². The Bertz CT molecular complexity index is 656. The first kappa shape index (κ1) is 23.3. The third-order valence-corrected chi connectivity index (χ3v) is 6.43. The van der Waals surface area contributed by atoms with E-state index in [0.717, 1.165) is 32.6 Å². The minimum absolute atomic E-state index is 0. The fraction of sp³-hybridized carbons (Fsp3) is 0.591. The average Bonchev–Trinajstić information content (AvgIpc) is 3.17. The largest absolute Gasteiger partial charge is 0.346 e. The van der Waals surface area contributed by atoms with Crippen molar-refractivity contribution in [2.45, 2.75) is 32.6 Å². The molecule has 0 amide bonds. The molecular weight excluding hydrogens is 432 g/mol. The van der Waals surface area contributed by atoms with Crippen molar-refractivity contribution in [2.75, 3.05) is 57.8 Å². The fourth-order valence-electron chi connectivity index (χ4n) is 3.65. The second-order valence-corrected chi connectivity index (χ2v) is 8.67. The van der Waals surface area contributed by atoms with Crippen LogP contribution in [0, 0.1) is 0 Å². The smallest absolute Gasteiger partial charge is 0.185 e.